The number of allylic oxidation sites excluding steroid dienone is 3. The molecule has 0 aromatic heterocycles. The van der Waals surface area contributed by atoms with Gasteiger partial charge < -0.3 is 20.3 Å². The fraction of sp³-hybridized carbons (Fsp3) is 0.588. The third kappa shape index (κ3) is 6.88. The molecule has 1 atom stereocenters. The number of aliphatic hydroxyl groups excluding tert-OH is 1. The number of nitrogens with two attached hydrogens (primary N) is 1. The van der Waals surface area contributed by atoms with E-state index in [0.29, 0.717) is 13.2 Å². The summed E-state index contributed by atoms with van der Waals surface area (Å²) in [5.41, 5.74) is 7.04. The van der Waals surface area contributed by atoms with Gasteiger partial charge in [-0.2, -0.15) is 0 Å². The van der Waals surface area contributed by atoms with Gasteiger partial charge in [0.2, 0.25) is 0 Å². The molecule has 1 heterocycles. The molecule has 0 saturated carbocycles. The largest absolute Gasteiger partial charge is 0.444 e. The smallest absolute Gasteiger partial charge is 0.413 e. The van der Waals surface area contributed by atoms with Gasteiger partial charge in [0, 0.05) is 12.5 Å². The first-order chi connectivity index (χ1) is 10.8. The normalized spacial score (nSPS) is 20.6. The lowest BCUT2D eigenvalue weighted by Crippen LogP contribution is -2.34. The maximum atomic E-state index is 11.7. The van der Waals surface area contributed by atoms with E-state index in [1.165, 1.54) is 0 Å². The van der Waals surface area contributed by atoms with Crippen LogP contribution in [0.2, 0.25) is 0 Å². The quantitative estimate of drug-likeness (QED) is 0.674. The Morgan fingerprint density at radius 2 is 2.13 bits per heavy atom. The summed E-state index contributed by atoms with van der Waals surface area (Å²) in [7, 11) is 0. The molecular weight excluding hydrogens is 296 g/mol. The number of carbonyl (C=O) groups is 1. The van der Waals surface area contributed by atoms with Gasteiger partial charge in [-0.15, -0.1) is 0 Å². The van der Waals surface area contributed by atoms with Crippen molar-refractivity contribution < 1.29 is 19.4 Å². The first kappa shape index (κ1) is 19.3. The van der Waals surface area contributed by atoms with E-state index in [2.05, 4.69) is 5.32 Å². The van der Waals surface area contributed by atoms with Crippen LogP contribution in [0.1, 0.15) is 34.1 Å². The van der Waals surface area contributed by atoms with Gasteiger partial charge >= 0.3 is 6.09 Å². The number of alkyl carbamates (subject to hydrolysis) is 1. The first-order valence-corrected chi connectivity index (χ1v) is 7.78. The molecular formula is C17H28N2O4. The molecule has 0 aliphatic carbocycles. The molecule has 1 rings (SSSR count). The molecule has 0 aromatic carbocycles. The van der Waals surface area contributed by atoms with Crippen LogP contribution in [-0.4, -0.2) is 36.6 Å². The minimum Gasteiger partial charge on any atom is -0.444 e. The minimum atomic E-state index is -0.598. The Kier molecular flexibility index (Phi) is 7.32. The molecule has 1 amide bonds. The Bertz CT molecular complexity index is 495. The fourth-order valence-electron chi connectivity index (χ4n) is 2.28. The van der Waals surface area contributed by atoms with Crippen LogP contribution in [0, 0.1) is 5.92 Å². The number of hydrogen-bond donors (Lipinski definition) is 3. The molecule has 1 aliphatic heterocycles. The van der Waals surface area contributed by atoms with Crippen molar-refractivity contribution in [1.82, 2.24) is 5.32 Å². The van der Waals surface area contributed by atoms with E-state index < -0.39 is 11.7 Å². The summed E-state index contributed by atoms with van der Waals surface area (Å²) in [6.45, 7) is 8.50. The second-order valence-electron chi connectivity index (χ2n) is 6.40. The molecule has 0 spiro atoms. The van der Waals surface area contributed by atoms with Crippen molar-refractivity contribution in [2.45, 2.75) is 39.7 Å². The van der Waals surface area contributed by atoms with Crippen molar-refractivity contribution in [3.05, 3.63) is 35.2 Å². The Balaban J connectivity index is 2.83. The molecule has 6 heteroatoms. The fourth-order valence-corrected chi connectivity index (χ4v) is 2.28. The molecule has 1 unspecified atom stereocenters. The molecule has 130 valence electrons. The molecule has 1 saturated heterocycles. The van der Waals surface area contributed by atoms with Gasteiger partial charge in [0.15, 0.2) is 0 Å². The monoisotopic (exact) mass is 324 g/mol. The molecule has 4 N–H and O–H groups in total. The van der Waals surface area contributed by atoms with Crippen LogP contribution < -0.4 is 11.1 Å². The van der Waals surface area contributed by atoms with Crippen LogP contribution in [0.25, 0.3) is 0 Å². The van der Waals surface area contributed by atoms with Gasteiger partial charge in [-0.1, -0.05) is 12.2 Å². The zero-order valence-corrected chi connectivity index (χ0v) is 14.4. The van der Waals surface area contributed by atoms with Crippen molar-refractivity contribution in [2.24, 2.45) is 11.7 Å². The third-order valence-electron chi connectivity index (χ3n) is 3.35. The molecule has 23 heavy (non-hydrogen) atoms. The maximum Gasteiger partial charge on any atom is 0.413 e. The van der Waals surface area contributed by atoms with Crippen LogP contribution in [0.5, 0.6) is 0 Å². The van der Waals surface area contributed by atoms with E-state index in [-0.39, 0.29) is 18.3 Å². The summed E-state index contributed by atoms with van der Waals surface area (Å²) < 4.78 is 10.6. The number of hydrogen-bond acceptors (Lipinski definition) is 5. The summed E-state index contributed by atoms with van der Waals surface area (Å²) >= 11 is 0. The maximum absolute atomic E-state index is 11.7. The second-order valence-corrected chi connectivity index (χ2v) is 6.40. The lowest BCUT2D eigenvalue weighted by atomic mass is 9.91. The third-order valence-corrected chi connectivity index (χ3v) is 3.35. The SMILES string of the molecule is C\C=C(CO)/C(=C\C=C(/N)NC(=O)OC(C)(C)C)C1CCOC1. The van der Waals surface area contributed by atoms with Gasteiger partial charge in [-0.05, 0) is 51.3 Å². The highest BCUT2D eigenvalue weighted by Crippen LogP contribution is 2.27. The Morgan fingerprint density at radius 3 is 2.61 bits per heavy atom. The van der Waals surface area contributed by atoms with Gasteiger partial charge in [0.1, 0.15) is 11.4 Å². The van der Waals surface area contributed by atoms with E-state index in [9.17, 15) is 9.90 Å². The molecule has 1 fully saturated rings. The summed E-state index contributed by atoms with van der Waals surface area (Å²) in [4.78, 5) is 11.7. The number of aliphatic hydroxyl groups is 1. The standard InChI is InChI=1S/C17H28N2O4/c1-5-12(10-20)14(13-8-9-22-11-13)6-7-15(18)19-16(21)23-17(2,3)4/h5-7,13,20H,8-11,18H2,1-4H3,(H,19,21)/b12-5-,14-6+,15-7+. The average molecular weight is 324 g/mol. The van der Waals surface area contributed by atoms with Crippen molar-refractivity contribution in [1.29, 1.82) is 0 Å². The predicted octanol–water partition coefficient (Wildman–Crippen LogP) is 2.21. The van der Waals surface area contributed by atoms with Gasteiger partial charge in [-0.3, -0.25) is 5.32 Å². The van der Waals surface area contributed by atoms with Crippen LogP contribution >= 0.6 is 0 Å². The van der Waals surface area contributed by atoms with Crippen LogP contribution in [0.15, 0.2) is 35.2 Å². The van der Waals surface area contributed by atoms with E-state index in [1.54, 1.807) is 26.8 Å². The number of amides is 1. The van der Waals surface area contributed by atoms with E-state index >= 15 is 0 Å². The van der Waals surface area contributed by atoms with Gasteiger partial charge in [0.05, 0.1) is 13.2 Å². The topological polar surface area (TPSA) is 93.8 Å². The highest BCUT2D eigenvalue weighted by atomic mass is 16.6. The van der Waals surface area contributed by atoms with E-state index in [4.69, 9.17) is 15.2 Å². The zero-order chi connectivity index (χ0) is 17.5. The summed E-state index contributed by atoms with van der Waals surface area (Å²) in [5.74, 6) is 0.406. The van der Waals surface area contributed by atoms with E-state index in [0.717, 1.165) is 17.6 Å². The van der Waals surface area contributed by atoms with Gasteiger partial charge in [0.25, 0.3) is 0 Å². The average Bonchev–Trinajstić information content (AvgIpc) is 2.94. The second kappa shape index (κ2) is 8.74. The number of rotatable bonds is 5. The number of nitrogens with one attached hydrogen (secondary N) is 1. The number of carbonyl (C=O) groups excluding carboxylic acids is 1. The van der Waals surface area contributed by atoms with E-state index in [1.807, 2.05) is 19.1 Å². The lowest BCUT2D eigenvalue weighted by molar-refractivity contribution is 0.0545. The molecule has 0 radical (unpaired) electrons. The highest BCUT2D eigenvalue weighted by molar-refractivity contribution is 5.69. The van der Waals surface area contributed by atoms with Crippen LogP contribution in [-0.2, 0) is 9.47 Å². The molecule has 1 aliphatic rings. The van der Waals surface area contributed by atoms with Crippen molar-refractivity contribution in [3.8, 4) is 0 Å². The van der Waals surface area contributed by atoms with Crippen molar-refractivity contribution in [3.63, 3.8) is 0 Å². The first-order valence-electron chi connectivity index (χ1n) is 7.78. The molecule has 0 bridgehead atoms. The van der Waals surface area contributed by atoms with Crippen molar-refractivity contribution in [2.75, 3.05) is 19.8 Å². The highest BCUT2D eigenvalue weighted by Gasteiger charge is 2.22. The Labute approximate surface area is 138 Å². The zero-order valence-electron chi connectivity index (χ0n) is 14.4. The van der Waals surface area contributed by atoms with Crippen LogP contribution in [0.4, 0.5) is 4.79 Å². The predicted molar refractivity (Wildman–Crippen MR) is 89.5 cm³/mol. The summed E-state index contributed by atoms with van der Waals surface area (Å²) in [5, 5.41) is 12.0. The minimum absolute atomic E-state index is 0.0495. The van der Waals surface area contributed by atoms with Gasteiger partial charge in [-0.25, -0.2) is 4.79 Å². The van der Waals surface area contributed by atoms with Crippen molar-refractivity contribution >= 4 is 6.09 Å². The lowest BCUT2D eigenvalue weighted by Gasteiger charge is -2.19. The summed E-state index contributed by atoms with van der Waals surface area (Å²) in [6, 6.07) is 0. The van der Waals surface area contributed by atoms with Crippen LogP contribution in [0.3, 0.4) is 0 Å². The molecule has 0 aromatic rings. The molecule has 6 nitrogen and oxygen atoms in total. The number of ether oxygens (including phenoxy) is 2. The Hall–Kier alpha value is -1.79. The Morgan fingerprint density at radius 1 is 1.43 bits per heavy atom. The summed E-state index contributed by atoms with van der Waals surface area (Å²) in [6.07, 6.45) is 5.60.